The molecule has 15 heavy (non-hydrogen) atoms. The Kier molecular flexibility index (Phi) is 3.68. The van der Waals surface area contributed by atoms with E-state index >= 15 is 0 Å². The van der Waals surface area contributed by atoms with Crippen LogP contribution in [0.2, 0.25) is 0 Å². The summed E-state index contributed by atoms with van der Waals surface area (Å²) in [5.74, 6) is 0.912. The third kappa shape index (κ3) is 2.94. The Bertz CT molecular complexity index is 195. The van der Waals surface area contributed by atoms with E-state index in [4.69, 9.17) is 5.11 Å². The van der Waals surface area contributed by atoms with Gasteiger partial charge in [0, 0.05) is 19.2 Å². The number of aliphatic hydroxyl groups excluding tert-OH is 1. The highest BCUT2D eigenvalue weighted by Crippen LogP contribution is 2.48. The van der Waals surface area contributed by atoms with Gasteiger partial charge in [0.25, 0.3) is 0 Å². The summed E-state index contributed by atoms with van der Waals surface area (Å²) in [4.78, 5) is 0. The van der Waals surface area contributed by atoms with Crippen molar-refractivity contribution in [3.8, 4) is 0 Å². The lowest BCUT2D eigenvalue weighted by Gasteiger charge is -2.23. The van der Waals surface area contributed by atoms with Gasteiger partial charge in [-0.25, -0.2) is 0 Å². The van der Waals surface area contributed by atoms with Crippen molar-refractivity contribution in [2.24, 2.45) is 11.3 Å². The fraction of sp³-hybridized carbons (Fsp3) is 1.00. The first-order chi connectivity index (χ1) is 7.26. The second-order valence-electron chi connectivity index (χ2n) is 5.69. The molecule has 0 aromatic heterocycles. The zero-order valence-corrected chi connectivity index (χ0v) is 9.97. The largest absolute Gasteiger partial charge is 0.396 e. The molecule has 88 valence electrons. The van der Waals surface area contributed by atoms with Gasteiger partial charge in [-0.15, -0.1) is 0 Å². The van der Waals surface area contributed by atoms with Gasteiger partial charge in [0.15, 0.2) is 0 Å². The molecular formula is C13H25NO. The molecule has 2 rings (SSSR count). The zero-order chi connectivity index (χ0) is 10.7. The van der Waals surface area contributed by atoms with E-state index < -0.39 is 0 Å². The standard InChI is InChI=1S/C13H25NO/c1-11(12-4-2-3-5-12)14-10-13(6-7-13)8-9-15/h11-12,14-15H,2-10H2,1H3. The summed E-state index contributed by atoms with van der Waals surface area (Å²) in [6.45, 7) is 3.83. The van der Waals surface area contributed by atoms with Gasteiger partial charge in [-0.3, -0.25) is 0 Å². The number of aliphatic hydroxyl groups is 1. The van der Waals surface area contributed by atoms with Crippen molar-refractivity contribution in [1.82, 2.24) is 5.32 Å². The lowest BCUT2D eigenvalue weighted by molar-refractivity contribution is 0.237. The minimum absolute atomic E-state index is 0.361. The van der Waals surface area contributed by atoms with Crippen molar-refractivity contribution in [2.45, 2.75) is 57.9 Å². The van der Waals surface area contributed by atoms with Crippen molar-refractivity contribution in [3.63, 3.8) is 0 Å². The van der Waals surface area contributed by atoms with Gasteiger partial charge in [0.05, 0.1) is 0 Å². The molecule has 2 aliphatic rings. The van der Waals surface area contributed by atoms with E-state index in [2.05, 4.69) is 12.2 Å². The van der Waals surface area contributed by atoms with Gasteiger partial charge in [0.1, 0.15) is 0 Å². The average Bonchev–Trinajstić information content (AvgIpc) is 2.81. The average molecular weight is 211 g/mol. The van der Waals surface area contributed by atoms with E-state index in [1.165, 1.54) is 38.5 Å². The summed E-state index contributed by atoms with van der Waals surface area (Å²) < 4.78 is 0. The van der Waals surface area contributed by atoms with Crippen LogP contribution in [0, 0.1) is 11.3 Å². The maximum Gasteiger partial charge on any atom is 0.0436 e. The topological polar surface area (TPSA) is 32.3 Å². The van der Waals surface area contributed by atoms with Crippen LogP contribution < -0.4 is 5.32 Å². The minimum atomic E-state index is 0.361. The molecule has 0 spiro atoms. The molecule has 0 aromatic carbocycles. The normalized spacial score (nSPS) is 26.8. The molecule has 0 radical (unpaired) electrons. The van der Waals surface area contributed by atoms with Crippen LogP contribution in [-0.4, -0.2) is 24.3 Å². The second kappa shape index (κ2) is 4.84. The third-order valence-corrected chi connectivity index (χ3v) is 4.51. The van der Waals surface area contributed by atoms with Crippen molar-refractivity contribution < 1.29 is 5.11 Å². The van der Waals surface area contributed by atoms with Crippen LogP contribution in [0.15, 0.2) is 0 Å². The first kappa shape index (κ1) is 11.4. The first-order valence-corrected chi connectivity index (χ1v) is 6.60. The van der Waals surface area contributed by atoms with Crippen LogP contribution in [0.1, 0.15) is 51.9 Å². The SMILES string of the molecule is CC(NCC1(CCO)CC1)C1CCCC1. The molecule has 0 heterocycles. The highest BCUT2D eigenvalue weighted by atomic mass is 16.3. The van der Waals surface area contributed by atoms with Crippen molar-refractivity contribution in [3.05, 3.63) is 0 Å². The Hall–Kier alpha value is -0.0800. The molecule has 2 aliphatic carbocycles. The predicted octanol–water partition coefficient (Wildman–Crippen LogP) is 2.32. The van der Waals surface area contributed by atoms with Crippen molar-refractivity contribution in [1.29, 1.82) is 0 Å². The molecule has 1 atom stereocenters. The molecule has 2 nitrogen and oxygen atoms in total. The third-order valence-electron chi connectivity index (χ3n) is 4.51. The van der Waals surface area contributed by atoms with E-state index in [0.717, 1.165) is 18.9 Å². The van der Waals surface area contributed by atoms with Gasteiger partial charge in [-0.1, -0.05) is 12.8 Å². The van der Waals surface area contributed by atoms with Crippen molar-refractivity contribution in [2.75, 3.05) is 13.2 Å². The van der Waals surface area contributed by atoms with Gasteiger partial charge in [-0.2, -0.15) is 0 Å². The quantitative estimate of drug-likeness (QED) is 0.706. The molecule has 0 amide bonds. The molecule has 1 unspecified atom stereocenters. The predicted molar refractivity (Wildman–Crippen MR) is 62.8 cm³/mol. The summed E-state index contributed by atoms with van der Waals surface area (Å²) in [7, 11) is 0. The van der Waals surface area contributed by atoms with E-state index in [0.29, 0.717) is 18.1 Å². The fourth-order valence-corrected chi connectivity index (χ4v) is 2.93. The Balaban J connectivity index is 1.68. The van der Waals surface area contributed by atoms with E-state index in [1.807, 2.05) is 0 Å². The number of rotatable bonds is 6. The number of nitrogens with one attached hydrogen (secondary N) is 1. The van der Waals surface area contributed by atoms with Gasteiger partial charge < -0.3 is 10.4 Å². The Morgan fingerprint density at radius 1 is 1.33 bits per heavy atom. The smallest absolute Gasteiger partial charge is 0.0436 e. The van der Waals surface area contributed by atoms with Gasteiger partial charge in [-0.05, 0) is 50.4 Å². The Labute approximate surface area is 93.5 Å². The maximum atomic E-state index is 8.99. The number of hydrogen-bond acceptors (Lipinski definition) is 2. The lowest BCUT2D eigenvalue weighted by atomic mass is 9.97. The second-order valence-corrected chi connectivity index (χ2v) is 5.69. The molecule has 0 saturated heterocycles. The van der Waals surface area contributed by atoms with E-state index in [9.17, 15) is 0 Å². The van der Waals surface area contributed by atoms with Crippen LogP contribution in [-0.2, 0) is 0 Å². The number of hydrogen-bond donors (Lipinski definition) is 2. The molecule has 0 aromatic rings. The molecule has 2 N–H and O–H groups in total. The van der Waals surface area contributed by atoms with Crippen LogP contribution in [0.5, 0.6) is 0 Å². The highest BCUT2D eigenvalue weighted by molar-refractivity contribution is 4.95. The fourth-order valence-electron chi connectivity index (χ4n) is 2.93. The summed E-state index contributed by atoms with van der Waals surface area (Å²) in [5.41, 5.74) is 0.474. The van der Waals surface area contributed by atoms with Crippen LogP contribution in [0.3, 0.4) is 0 Å². The minimum Gasteiger partial charge on any atom is -0.396 e. The van der Waals surface area contributed by atoms with Gasteiger partial charge in [0.2, 0.25) is 0 Å². The monoisotopic (exact) mass is 211 g/mol. The first-order valence-electron chi connectivity index (χ1n) is 6.60. The molecule has 2 heteroatoms. The van der Waals surface area contributed by atoms with Gasteiger partial charge >= 0.3 is 0 Å². The summed E-state index contributed by atoms with van der Waals surface area (Å²) >= 11 is 0. The molecule has 0 aliphatic heterocycles. The van der Waals surface area contributed by atoms with Crippen LogP contribution >= 0.6 is 0 Å². The summed E-state index contributed by atoms with van der Waals surface area (Å²) in [5, 5.41) is 12.7. The molecule has 2 fully saturated rings. The molecule has 0 bridgehead atoms. The highest BCUT2D eigenvalue weighted by Gasteiger charge is 2.41. The van der Waals surface area contributed by atoms with Crippen LogP contribution in [0.25, 0.3) is 0 Å². The van der Waals surface area contributed by atoms with Crippen LogP contribution in [0.4, 0.5) is 0 Å². The molecular weight excluding hydrogens is 186 g/mol. The summed E-state index contributed by atoms with van der Waals surface area (Å²) in [6.07, 6.45) is 9.33. The summed E-state index contributed by atoms with van der Waals surface area (Å²) in [6, 6.07) is 0.684. The zero-order valence-electron chi connectivity index (χ0n) is 9.97. The van der Waals surface area contributed by atoms with Crippen molar-refractivity contribution >= 4 is 0 Å². The maximum absolute atomic E-state index is 8.99. The van der Waals surface area contributed by atoms with E-state index in [-0.39, 0.29) is 0 Å². The molecule has 2 saturated carbocycles. The Morgan fingerprint density at radius 2 is 2.00 bits per heavy atom. The lowest BCUT2D eigenvalue weighted by Crippen LogP contribution is -2.36. The Morgan fingerprint density at radius 3 is 2.53 bits per heavy atom. The van der Waals surface area contributed by atoms with E-state index in [1.54, 1.807) is 0 Å².